The van der Waals surface area contributed by atoms with Crippen molar-refractivity contribution in [3.8, 4) is 23.3 Å². The molecule has 4 aromatic rings. The third kappa shape index (κ3) is 5.59. The van der Waals surface area contributed by atoms with Crippen LogP contribution < -0.4 is 15.4 Å². The van der Waals surface area contributed by atoms with Crippen molar-refractivity contribution < 1.29 is 14.3 Å². The van der Waals surface area contributed by atoms with Gasteiger partial charge >= 0.3 is 0 Å². The molecule has 1 amide bonds. The molecule has 180 valence electrons. The lowest BCUT2D eigenvalue weighted by molar-refractivity contribution is -0.129. The molecule has 8 heteroatoms. The number of hydrogen-bond acceptors (Lipinski definition) is 7. The predicted molar refractivity (Wildman–Crippen MR) is 137 cm³/mol. The average molecular weight is 480 g/mol. The second kappa shape index (κ2) is 10.8. The van der Waals surface area contributed by atoms with Gasteiger partial charge in [-0.3, -0.25) is 9.78 Å². The number of rotatable bonds is 6. The summed E-state index contributed by atoms with van der Waals surface area (Å²) in [4.78, 5) is 24.9. The van der Waals surface area contributed by atoms with Crippen LogP contribution in [0.15, 0.2) is 67.3 Å². The van der Waals surface area contributed by atoms with Crippen LogP contribution in [0.3, 0.4) is 0 Å². The minimum atomic E-state index is -0.349. The Hall–Kier alpha value is -4.48. The molecule has 1 fully saturated rings. The van der Waals surface area contributed by atoms with Crippen molar-refractivity contribution >= 4 is 28.3 Å². The predicted octanol–water partition coefficient (Wildman–Crippen LogP) is 4.52. The van der Waals surface area contributed by atoms with E-state index in [0.29, 0.717) is 18.2 Å². The molecule has 1 atom stereocenters. The molecule has 1 saturated heterocycles. The number of amides is 1. The Kier molecular flexibility index (Phi) is 7.01. The summed E-state index contributed by atoms with van der Waals surface area (Å²) >= 11 is 0. The second-order valence-electron chi connectivity index (χ2n) is 8.37. The first-order valence-corrected chi connectivity index (χ1v) is 11.7. The van der Waals surface area contributed by atoms with E-state index in [1.54, 1.807) is 12.4 Å². The maximum atomic E-state index is 12.0. The molecular weight excluding hydrogens is 454 g/mol. The maximum Gasteiger partial charge on any atom is 0.249 e. The highest BCUT2D eigenvalue weighted by atomic mass is 16.5. The van der Waals surface area contributed by atoms with Gasteiger partial charge in [0.25, 0.3) is 0 Å². The van der Waals surface area contributed by atoms with Crippen LogP contribution in [0.5, 0.6) is 11.5 Å². The van der Waals surface area contributed by atoms with Gasteiger partial charge in [-0.25, -0.2) is 9.97 Å². The molecule has 3 heterocycles. The molecule has 5 rings (SSSR count). The van der Waals surface area contributed by atoms with Gasteiger partial charge in [0.1, 0.15) is 29.7 Å². The number of benzene rings is 2. The van der Waals surface area contributed by atoms with E-state index in [9.17, 15) is 4.79 Å². The van der Waals surface area contributed by atoms with Gasteiger partial charge in [-0.2, -0.15) is 0 Å². The topological polar surface area (TPSA) is 98.3 Å². The van der Waals surface area contributed by atoms with Crippen LogP contribution in [0.2, 0.25) is 0 Å². The zero-order valence-corrected chi connectivity index (χ0v) is 19.8. The molecule has 1 aliphatic heterocycles. The molecule has 1 aliphatic rings. The Labute approximate surface area is 209 Å². The smallest absolute Gasteiger partial charge is 0.249 e. The van der Waals surface area contributed by atoms with Gasteiger partial charge in [0.05, 0.1) is 18.3 Å². The Morgan fingerprint density at radius 3 is 2.94 bits per heavy atom. The molecule has 36 heavy (non-hydrogen) atoms. The van der Waals surface area contributed by atoms with Crippen molar-refractivity contribution in [2.24, 2.45) is 0 Å². The zero-order valence-electron chi connectivity index (χ0n) is 19.8. The normalized spacial score (nSPS) is 14.6. The highest BCUT2D eigenvalue weighted by Gasteiger charge is 2.22. The highest BCUT2D eigenvalue weighted by Crippen LogP contribution is 2.29. The molecule has 0 bridgehead atoms. The van der Waals surface area contributed by atoms with Gasteiger partial charge < -0.3 is 20.1 Å². The lowest BCUT2D eigenvalue weighted by atomic mass is 10.1. The van der Waals surface area contributed by atoms with Crippen LogP contribution >= 0.6 is 0 Å². The molecule has 8 nitrogen and oxygen atoms in total. The summed E-state index contributed by atoms with van der Waals surface area (Å²) in [6.45, 7) is 2.89. The molecule has 0 spiro atoms. The summed E-state index contributed by atoms with van der Waals surface area (Å²) < 4.78 is 11.3. The molecule has 2 N–H and O–H groups in total. The fourth-order valence-electron chi connectivity index (χ4n) is 3.92. The number of aromatic nitrogens is 3. The van der Waals surface area contributed by atoms with E-state index in [1.165, 1.54) is 6.33 Å². The Balaban J connectivity index is 1.29. The standard InChI is InChI=1S/C28H25N5O3/c1-19-15-21(9-11-25(19)36-22-6-3-12-29-17-22)33-27-23-16-20(8-10-24(23)31-18-32-27)5-2-13-30-28(34)26-7-4-14-35-26/h3,6,8-12,15-18,26H,4,7,13-14H2,1H3,(H,30,34)(H,31,32,33). The van der Waals surface area contributed by atoms with Crippen molar-refractivity contribution in [2.45, 2.75) is 25.9 Å². The number of carbonyl (C=O) groups excluding carboxylic acids is 1. The van der Waals surface area contributed by atoms with E-state index >= 15 is 0 Å². The van der Waals surface area contributed by atoms with Crippen molar-refractivity contribution in [1.29, 1.82) is 0 Å². The number of hydrogen-bond donors (Lipinski definition) is 2. The van der Waals surface area contributed by atoms with Gasteiger partial charge in [0.15, 0.2) is 0 Å². The first kappa shape index (κ1) is 23.3. The summed E-state index contributed by atoms with van der Waals surface area (Å²) in [7, 11) is 0. The van der Waals surface area contributed by atoms with Crippen LogP contribution in [0, 0.1) is 18.8 Å². The third-order valence-electron chi connectivity index (χ3n) is 5.74. The summed E-state index contributed by atoms with van der Waals surface area (Å²) in [5.74, 6) is 8.12. The summed E-state index contributed by atoms with van der Waals surface area (Å²) in [6.07, 6.45) is 6.25. The number of ether oxygens (including phenoxy) is 2. The van der Waals surface area contributed by atoms with E-state index < -0.39 is 0 Å². The Morgan fingerprint density at radius 1 is 1.19 bits per heavy atom. The molecule has 1 unspecified atom stereocenters. The Morgan fingerprint density at radius 2 is 2.14 bits per heavy atom. The molecule has 2 aromatic heterocycles. The third-order valence-corrected chi connectivity index (χ3v) is 5.74. The van der Waals surface area contributed by atoms with Gasteiger partial charge in [-0.05, 0) is 73.9 Å². The number of nitrogens with one attached hydrogen (secondary N) is 2. The number of anilines is 2. The summed E-state index contributed by atoms with van der Waals surface area (Å²) in [5.41, 5.74) is 3.46. The number of carbonyl (C=O) groups is 1. The molecule has 2 aromatic carbocycles. The first-order valence-electron chi connectivity index (χ1n) is 11.7. The first-order chi connectivity index (χ1) is 17.7. The van der Waals surface area contributed by atoms with E-state index in [1.807, 2.05) is 55.5 Å². The van der Waals surface area contributed by atoms with Gasteiger partial charge in [-0.15, -0.1) is 0 Å². The summed E-state index contributed by atoms with van der Waals surface area (Å²) in [5, 5.41) is 7.04. The monoisotopic (exact) mass is 479 g/mol. The Bertz CT molecular complexity index is 1440. The number of pyridine rings is 1. The van der Waals surface area contributed by atoms with E-state index in [2.05, 4.69) is 37.4 Å². The number of aryl methyl sites for hydroxylation is 1. The molecule has 0 saturated carbocycles. The van der Waals surface area contributed by atoms with Crippen LogP contribution in [-0.4, -0.2) is 40.1 Å². The van der Waals surface area contributed by atoms with Crippen LogP contribution in [0.1, 0.15) is 24.0 Å². The SMILES string of the molecule is Cc1cc(Nc2ncnc3ccc(C#CCNC(=O)C4CCCO4)cc23)ccc1Oc1cccnc1. The fraction of sp³-hybridized carbons (Fsp3) is 0.214. The van der Waals surface area contributed by atoms with E-state index in [-0.39, 0.29) is 18.6 Å². The minimum absolute atomic E-state index is 0.104. The van der Waals surface area contributed by atoms with Gasteiger partial charge in [0, 0.05) is 29.4 Å². The van der Waals surface area contributed by atoms with Gasteiger partial charge in [0.2, 0.25) is 5.91 Å². The number of fused-ring (bicyclic) bond motifs is 1. The molecular formula is C28H25N5O3. The zero-order chi connectivity index (χ0) is 24.7. The second-order valence-corrected chi connectivity index (χ2v) is 8.37. The highest BCUT2D eigenvalue weighted by molar-refractivity contribution is 5.91. The van der Waals surface area contributed by atoms with Crippen molar-refractivity contribution in [3.05, 3.63) is 78.4 Å². The van der Waals surface area contributed by atoms with Crippen LogP contribution in [0.4, 0.5) is 11.5 Å². The minimum Gasteiger partial charge on any atom is -0.455 e. The van der Waals surface area contributed by atoms with Crippen LogP contribution in [0.25, 0.3) is 10.9 Å². The van der Waals surface area contributed by atoms with Crippen molar-refractivity contribution in [3.63, 3.8) is 0 Å². The average Bonchev–Trinajstić information content (AvgIpc) is 3.44. The maximum absolute atomic E-state index is 12.0. The van der Waals surface area contributed by atoms with E-state index in [4.69, 9.17) is 9.47 Å². The van der Waals surface area contributed by atoms with Gasteiger partial charge in [-0.1, -0.05) is 11.8 Å². The lowest BCUT2D eigenvalue weighted by Crippen LogP contribution is -2.34. The molecule has 0 radical (unpaired) electrons. The van der Waals surface area contributed by atoms with E-state index in [0.717, 1.165) is 46.3 Å². The fourth-order valence-corrected chi connectivity index (χ4v) is 3.92. The van der Waals surface area contributed by atoms with Crippen LogP contribution in [-0.2, 0) is 9.53 Å². The quantitative estimate of drug-likeness (QED) is 0.393. The molecule has 0 aliphatic carbocycles. The largest absolute Gasteiger partial charge is 0.455 e. The van der Waals surface area contributed by atoms with Crippen molar-refractivity contribution in [2.75, 3.05) is 18.5 Å². The van der Waals surface area contributed by atoms with Crippen molar-refractivity contribution in [1.82, 2.24) is 20.3 Å². The lowest BCUT2D eigenvalue weighted by Gasteiger charge is -2.12. The number of nitrogens with zero attached hydrogens (tertiary/aromatic N) is 3. The summed E-state index contributed by atoms with van der Waals surface area (Å²) in [6, 6.07) is 15.3.